The Morgan fingerprint density at radius 2 is 1.85 bits per heavy atom. The van der Waals surface area contributed by atoms with Crippen molar-refractivity contribution in [1.82, 2.24) is 4.98 Å². The van der Waals surface area contributed by atoms with E-state index >= 15 is 0 Å². The molecule has 0 radical (unpaired) electrons. The second kappa shape index (κ2) is 3.85. The molecule has 66 valence electrons. The number of hydrogen-bond acceptors (Lipinski definition) is 1. The Balaban J connectivity index is 2.64. The normalized spacial score (nSPS) is 10.3. The Bertz CT molecular complexity index is 391. The third kappa shape index (κ3) is 1.82. The van der Waals surface area contributed by atoms with Gasteiger partial charge >= 0.3 is 92.2 Å². The van der Waals surface area contributed by atoms with Crippen LogP contribution in [0, 0.1) is 0 Å². The molecule has 0 saturated carbocycles. The van der Waals surface area contributed by atoms with E-state index in [1.165, 1.54) is 0 Å². The molecule has 0 aliphatic heterocycles. The number of hydrogen-bond donors (Lipinski definition) is 0. The average Bonchev–Trinajstić information content (AvgIpc) is 2.57. The van der Waals surface area contributed by atoms with E-state index in [1.807, 2.05) is 23.1 Å². The summed E-state index contributed by atoms with van der Waals surface area (Å²) in [5.74, 6) is 0. The molecule has 2 aromatic rings. The minimum atomic E-state index is 0.272. The van der Waals surface area contributed by atoms with Crippen LogP contribution < -0.4 is 0 Å². The molecule has 0 fully saturated rings. The van der Waals surface area contributed by atoms with E-state index in [0.29, 0.717) is 10.0 Å². The zero-order valence-electron chi connectivity index (χ0n) is 6.50. The predicted octanol–water partition coefficient (Wildman–Crippen LogP) is 3.11. The van der Waals surface area contributed by atoms with E-state index in [4.69, 9.17) is 23.2 Å². The molecular weight excluding hydrogens is 272 g/mol. The van der Waals surface area contributed by atoms with Gasteiger partial charge in [-0.25, -0.2) is 0 Å². The van der Waals surface area contributed by atoms with Crippen LogP contribution in [0.3, 0.4) is 0 Å². The van der Waals surface area contributed by atoms with Gasteiger partial charge in [-0.1, -0.05) is 0 Å². The fourth-order valence-corrected chi connectivity index (χ4v) is 3.37. The summed E-state index contributed by atoms with van der Waals surface area (Å²) < 4.78 is 1.00. The van der Waals surface area contributed by atoms with E-state index in [9.17, 15) is 0 Å². The van der Waals surface area contributed by atoms with Crippen LogP contribution in [0.5, 0.6) is 0 Å². The maximum atomic E-state index is 6.03. The molecule has 0 unspecified atom stereocenters. The van der Waals surface area contributed by atoms with Gasteiger partial charge < -0.3 is 0 Å². The van der Waals surface area contributed by atoms with Gasteiger partial charge in [0.25, 0.3) is 0 Å². The van der Waals surface area contributed by atoms with Gasteiger partial charge in [-0.2, -0.15) is 0 Å². The molecule has 1 aromatic heterocycles. The minimum absolute atomic E-state index is 0.272. The summed E-state index contributed by atoms with van der Waals surface area (Å²) in [5.41, 5.74) is 0.885. The van der Waals surface area contributed by atoms with Crippen molar-refractivity contribution < 1.29 is 0 Å². The standard InChI is InChI=1S/C9H5Cl2NSe/c10-6-2-1-3-7(11)8(6)9-12-4-5-13-9/h1-5H. The monoisotopic (exact) mass is 277 g/mol. The van der Waals surface area contributed by atoms with Crippen LogP contribution in [-0.2, 0) is 0 Å². The quantitative estimate of drug-likeness (QED) is 0.730. The first-order chi connectivity index (χ1) is 6.29. The fraction of sp³-hybridized carbons (Fsp3) is 0. The van der Waals surface area contributed by atoms with Gasteiger partial charge in [0.1, 0.15) is 0 Å². The predicted molar refractivity (Wildman–Crippen MR) is 56.6 cm³/mol. The number of rotatable bonds is 1. The SMILES string of the molecule is Clc1cccc(Cl)c1-c1ncc[se]1. The molecule has 0 amide bonds. The van der Waals surface area contributed by atoms with Crippen molar-refractivity contribution >= 4 is 37.7 Å². The molecule has 0 spiro atoms. The van der Waals surface area contributed by atoms with Gasteiger partial charge in [-0.3, -0.25) is 0 Å². The Morgan fingerprint density at radius 1 is 1.15 bits per heavy atom. The third-order valence-electron chi connectivity index (χ3n) is 1.61. The number of halogens is 2. The van der Waals surface area contributed by atoms with Crippen molar-refractivity contribution in [2.75, 3.05) is 0 Å². The van der Waals surface area contributed by atoms with Crippen LogP contribution in [0.4, 0.5) is 0 Å². The molecule has 2 rings (SSSR count). The molecule has 1 nitrogen and oxygen atoms in total. The van der Waals surface area contributed by atoms with Gasteiger partial charge in [-0.05, 0) is 0 Å². The summed E-state index contributed by atoms with van der Waals surface area (Å²) in [5, 5.41) is 1.36. The second-order valence-corrected chi connectivity index (χ2v) is 5.13. The van der Waals surface area contributed by atoms with Crippen LogP contribution in [0.2, 0.25) is 10.0 Å². The van der Waals surface area contributed by atoms with Crippen molar-refractivity contribution in [1.29, 1.82) is 0 Å². The average molecular weight is 277 g/mol. The molecule has 0 aliphatic rings. The Labute approximate surface area is 92.1 Å². The molecule has 1 heterocycles. The van der Waals surface area contributed by atoms with Crippen LogP contribution in [0.15, 0.2) is 29.3 Å². The van der Waals surface area contributed by atoms with E-state index < -0.39 is 0 Å². The number of benzene rings is 1. The first-order valence-electron chi connectivity index (χ1n) is 3.63. The van der Waals surface area contributed by atoms with Gasteiger partial charge in [-0.15, -0.1) is 0 Å². The third-order valence-corrected chi connectivity index (χ3v) is 3.90. The summed E-state index contributed by atoms with van der Waals surface area (Å²) in [6, 6.07) is 5.50. The first-order valence-corrected chi connectivity index (χ1v) is 6.23. The van der Waals surface area contributed by atoms with Crippen molar-refractivity contribution in [3.63, 3.8) is 0 Å². The molecular formula is C9H5Cl2NSe. The number of aromatic nitrogens is 1. The van der Waals surface area contributed by atoms with Gasteiger partial charge in [0.15, 0.2) is 0 Å². The van der Waals surface area contributed by atoms with Crippen molar-refractivity contribution in [2.45, 2.75) is 0 Å². The molecule has 0 bridgehead atoms. The van der Waals surface area contributed by atoms with E-state index in [0.717, 1.165) is 10.1 Å². The van der Waals surface area contributed by atoms with E-state index in [2.05, 4.69) is 4.98 Å². The number of nitrogens with zero attached hydrogens (tertiary/aromatic N) is 1. The zero-order chi connectivity index (χ0) is 9.26. The topological polar surface area (TPSA) is 12.9 Å². The van der Waals surface area contributed by atoms with Crippen LogP contribution in [0.25, 0.3) is 10.1 Å². The molecule has 0 aliphatic carbocycles. The molecule has 13 heavy (non-hydrogen) atoms. The van der Waals surface area contributed by atoms with Crippen LogP contribution in [0.1, 0.15) is 0 Å². The second-order valence-electron chi connectivity index (χ2n) is 2.43. The summed E-state index contributed by atoms with van der Waals surface area (Å²) in [4.78, 5) is 6.27. The van der Waals surface area contributed by atoms with Gasteiger partial charge in [0.2, 0.25) is 0 Å². The maximum absolute atomic E-state index is 6.03. The Hall–Kier alpha value is -0.271. The van der Waals surface area contributed by atoms with Crippen molar-refractivity contribution in [3.8, 4) is 10.1 Å². The summed E-state index contributed by atoms with van der Waals surface area (Å²) in [7, 11) is 0. The molecule has 0 atom stereocenters. The Morgan fingerprint density at radius 3 is 2.38 bits per heavy atom. The van der Waals surface area contributed by atoms with Gasteiger partial charge in [0.05, 0.1) is 0 Å². The van der Waals surface area contributed by atoms with Gasteiger partial charge in [0, 0.05) is 0 Å². The van der Waals surface area contributed by atoms with Crippen LogP contribution >= 0.6 is 23.2 Å². The molecule has 4 heteroatoms. The fourth-order valence-electron chi connectivity index (χ4n) is 1.05. The molecule has 0 saturated heterocycles. The first kappa shape index (κ1) is 9.29. The van der Waals surface area contributed by atoms with Crippen molar-refractivity contribution in [3.05, 3.63) is 39.4 Å². The summed E-state index contributed by atoms with van der Waals surface area (Å²) >= 11 is 12.3. The van der Waals surface area contributed by atoms with E-state index in [1.54, 1.807) is 6.20 Å². The van der Waals surface area contributed by atoms with Crippen molar-refractivity contribution in [2.24, 2.45) is 0 Å². The van der Waals surface area contributed by atoms with E-state index in [-0.39, 0.29) is 14.5 Å². The molecule has 0 N–H and O–H groups in total. The summed E-state index contributed by atoms with van der Waals surface area (Å²) in [6.07, 6.45) is 1.80. The summed E-state index contributed by atoms with van der Waals surface area (Å²) in [6.45, 7) is 0. The van der Waals surface area contributed by atoms with Crippen LogP contribution in [-0.4, -0.2) is 19.5 Å². The zero-order valence-corrected chi connectivity index (χ0v) is 9.72. The molecule has 1 aromatic carbocycles. The Kier molecular flexibility index (Phi) is 2.75.